The van der Waals surface area contributed by atoms with Gasteiger partial charge in [0.05, 0.1) is 5.69 Å². The van der Waals surface area contributed by atoms with Crippen LogP contribution in [0, 0.1) is 12.8 Å². The molecule has 1 aromatic heterocycles. The van der Waals surface area contributed by atoms with Gasteiger partial charge < -0.3 is 14.6 Å². The number of aryl methyl sites for hydroxylation is 1. The van der Waals surface area contributed by atoms with Gasteiger partial charge in [-0.2, -0.15) is 0 Å². The number of nitrogens with zero attached hydrogens (tertiary/aromatic N) is 2. The quantitative estimate of drug-likeness (QED) is 0.700. The fraction of sp³-hybridized carbons (Fsp3) is 0.292. The van der Waals surface area contributed by atoms with Crippen molar-refractivity contribution < 1.29 is 14.0 Å². The zero-order valence-corrected chi connectivity index (χ0v) is 17.0. The minimum absolute atomic E-state index is 0.0934. The molecule has 0 aliphatic carbocycles. The summed E-state index contributed by atoms with van der Waals surface area (Å²) in [6, 6.07) is 17.7. The lowest BCUT2D eigenvalue weighted by molar-refractivity contribution is 0.0638. The van der Waals surface area contributed by atoms with E-state index < -0.39 is 0 Å². The van der Waals surface area contributed by atoms with Gasteiger partial charge in [-0.05, 0) is 48.9 Å². The van der Waals surface area contributed by atoms with Crippen LogP contribution in [0.3, 0.4) is 0 Å². The Balaban J connectivity index is 1.32. The van der Waals surface area contributed by atoms with E-state index in [4.69, 9.17) is 4.42 Å². The number of benzene rings is 2. The van der Waals surface area contributed by atoms with Gasteiger partial charge in [-0.15, -0.1) is 0 Å². The molecule has 1 aliphatic heterocycles. The normalized spacial score (nSPS) is 16.3. The van der Waals surface area contributed by atoms with Crippen LogP contribution >= 0.6 is 0 Å². The van der Waals surface area contributed by atoms with Gasteiger partial charge in [-0.25, -0.2) is 4.98 Å². The Morgan fingerprint density at radius 1 is 1.10 bits per heavy atom. The van der Waals surface area contributed by atoms with Crippen molar-refractivity contribution in [1.29, 1.82) is 0 Å². The maximum Gasteiger partial charge on any atom is 0.291 e. The molecule has 3 aromatic rings. The van der Waals surface area contributed by atoms with Crippen molar-refractivity contribution in [3.63, 3.8) is 0 Å². The highest BCUT2D eigenvalue weighted by Crippen LogP contribution is 2.21. The molecule has 1 atom stereocenters. The average molecular weight is 403 g/mol. The Bertz CT molecular complexity index is 1010. The second-order valence-corrected chi connectivity index (χ2v) is 7.68. The topological polar surface area (TPSA) is 75.4 Å². The van der Waals surface area contributed by atoms with E-state index in [2.05, 4.69) is 10.3 Å². The molecule has 6 nitrogen and oxygen atoms in total. The largest absolute Gasteiger partial charge is 0.438 e. The second-order valence-electron chi connectivity index (χ2n) is 7.68. The van der Waals surface area contributed by atoms with Crippen LogP contribution < -0.4 is 5.32 Å². The number of nitrogens with one attached hydrogen (secondary N) is 1. The molecule has 1 fully saturated rings. The third-order valence-electron chi connectivity index (χ3n) is 5.55. The molecule has 1 N–H and O–H groups in total. The summed E-state index contributed by atoms with van der Waals surface area (Å²) in [6.45, 7) is 3.61. The Hall–Kier alpha value is -3.41. The zero-order valence-electron chi connectivity index (χ0n) is 17.0. The smallest absolute Gasteiger partial charge is 0.291 e. The number of piperidine rings is 1. The van der Waals surface area contributed by atoms with E-state index in [0.717, 1.165) is 24.0 Å². The van der Waals surface area contributed by atoms with Gasteiger partial charge in [0.25, 0.3) is 11.8 Å². The Morgan fingerprint density at radius 2 is 1.83 bits per heavy atom. The van der Waals surface area contributed by atoms with Gasteiger partial charge in [0.1, 0.15) is 0 Å². The summed E-state index contributed by atoms with van der Waals surface area (Å²) in [5, 5.41) is 3.02. The molecule has 1 saturated heterocycles. The minimum Gasteiger partial charge on any atom is -0.438 e. The zero-order chi connectivity index (χ0) is 20.9. The molecule has 0 bridgehead atoms. The van der Waals surface area contributed by atoms with Crippen molar-refractivity contribution in [3.05, 3.63) is 78.0 Å². The lowest BCUT2D eigenvalue weighted by Crippen LogP contribution is -2.43. The molecule has 0 radical (unpaired) electrons. The molecule has 154 valence electrons. The third-order valence-corrected chi connectivity index (χ3v) is 5.55. The summed E-state index contributed by atoms with van der Waals surface area (Å²) >= 11 is 0. The highest BCUT2D eigenvalue weighted by molar-refractivity contribution is 5.94. The van der Waals surface area contributed by atoms with E-state index in [1.54, 1.807) is 11.8 Å². The molecule has 2 heterocycles. The number of hydrogen-bond acceptors (Lipinski definition) is 4. The van der Waals surface area contributed by atoms with Gasteiger partial charge in [0.15, 0.2) is 6.39 Å². The first-order valence-corrected chi connectivity index (χ1v) is 10.2. The van der Waals surface area contributed by atoms with Gasteiger partial charge in [0.2, 0.25) is 5.76 Å². The summed E-state index contributed by atoms with van der Waals surface area (Å²) in [4.78, 5) is 31.0. The van der Waals surface area contributed by atoms with E-state index in [-0.39, 0.29) is 17.7 Å². The standard InChI is InChI=1S/C24H25N3O3/c1-17-22(30-16-26-17)24(29)27-13-5-6-18(15-27)14-25-23(28)21-11-9-20(10-12-21)19-7-3-2-4-8-19/h2-4,7-12,16,18H,5-6,13-15H2,1H3,(H,25,28)/t18-/m1/s1. The average Bonchev–Trinajstić information content (AvgIpc) is 3.23. The van der Waals surface area contributed by atoms with Crippen molar-refractivity contribution in [2.75, 3.05) is 19.6 Å². The highest BCUT2D eigenvalue weighted by Gasteiger charge is 2.27. The summed E-state index contributed by atoms with van der Waals surface area (Å²) in [5.74, 6) is 0.304. The van der Waals surface area contributed by atoms with Crippen molar-refractivity contribution in [2.45, 2.75) is 19.8 Å². The first-order valence-electron chi connectivity index (χ1n) is 10.2. The summed E-state index contributed by atoms with van der Waals surface area (Å²) in [6.07, 6.45) is 3.19. The number of carbonyl (C=O) groups is 2. The number of rotatable bonds is 5. The molecular formula is C24H25N3O3. The molecule has 0 unspecified atom stereocenters. The van der Waals surface area contributed by atoms with Gasteiger partial charge in [-0.3, -0.25) is 9.59 Å². The maximum atomic E-state index is 12.6. The summed E-state index contributed by atoms with van der Waals surface area (Å²) in [7, 11) is 0. The van der Waals surface area contributed by atoms with E-state index in [1.165, 1.54) is 6.39 Å². The molecule has 30 heavy (non-hydrogen) atoms. The molecule has 6 heteroatoms. The van der Waals surface area contributed by atoms with Gasteiger partial charge >= 0.3 is 0 Å². The van der Waals surface area contributed by atoms with Gasteiger partial charge in [0, 0.05) is 25.2 Å². The monoisotopic (exact) mass is 403 g/mol. The highest BCUT2D eigenvalue weighted by atomic mass is 16.3. The maximum absolute atomic E-state index is 12.6. The second kappa shape index (κ2) is 8.95. The summed E-state index contributed by atoms with van der Waals surface area (Å²) < 4.78 is 5.24. The Morgan fingerprint density at radius 3 is 2.53 bits per heavy atom. The van der Waals surface area contributed by atoms with Crippen LogP contribution in [0.2, 0.25) is 0 Å². The number of carbonyl (C=O) groups excluding carboxylic acids is 2. The van der Waals surface area contributed by atoms with Crippen molar-refractivity contribution in [2.24, 2.45) is 5.92 Å². The first kappa shape index (κ1) is 19.9. The molecule has 1 aliphatic rings. The summed E-state index contributed by atoms with van der Waals surface area (Å²) in [5.41, 5.74) is 3.44. The SMILES string of the molecule is Cc1ncoc1C(=O)N1CCC[C@H](CNC(=O)c2ccc(-c3ccccc3)cc2)C1. The molecular weight excluding hydrogens is 378 g/mol. The Kier molecular flexibility index (Phi) is 5.93. The van der Waals surface area contributed by atoms with E-state index >= 15 is 0 Å². The number of aromatic nitrogens is 1. The first-order chi connectivity index (χ1) is 14.6. The van der Waals surface area contributed by atoms with Crippen LogP contribution in [0.4, 0.5) is 0 Å². The molecule has 2 aromatic carbocycles. The molecule has 0 spiro atoms. The van der Waals surface area contributed by atoms with Crippen LogP contribution in [0.25, 0.3) is 11.1 Å². The van der Waals surface area contributed by atoms with Crippen molar-refractivity contribution in [1.82, 2.24) is 15.2 Å². The number of hydrogen-bond donors (Lipinski definition) is 1. The van der Waals surface area contributed by atoms with E-state index in [9.17, 15) is 9.59 Å². The van der Waals surface area contributed by atoms with Crippen LogP contribution in [0.15, 0.2) is 65.4 Å². The minimum atomic E-state index is -0.127. The fourth-order valence-corrected chi connectivity index (χ4v) is 3.85. The van der Waals surface area contributed by atoms with Crippen LogP contribution in [-0.4, -0.2) is 41.3 Å². The molecule has 2 amide bonds. The van der Waals surface area contributed by atoms with E-state index in [1.807, 2.05) is 54.6 Å². The third kappa shape index (κ3) is 4.43. The van der Waals surface area contributed by atoms with Gasteiger partial charge in [-0.1, -0.05) is 42.5 Å². The van der Waals surface area contributed by atoms with E-state index in [0.29, 0.717) is 36.7 Å². The predicted octanol–water partition coefficient (Wildman–Crippen LogP) is 3.93. The number of amides is 2. The van der Waals surface area contributed by atoms with Crippen molar-refractivity contribution >= 4 is 11.8 Å². The fourth-order valence-electron chi connectivity index (χ4n) is 3.85. The predicted molar refractivity (Wildman–Crippen MR) is 114 cm³/mol. The lowest BCUT2D eigenvalue weighted by atomic mass is 9.97. The number of oxazole rings is 1. The van der Waals surface area contributed by atoms with Crippen LogP contribution in [0.1, 0.15) is 39.4 Å². The van der Waals surface area contributed by atoms with Crippen LogP contribution in [0.5, 0.6) is 0 Å². The molecule has 0 saturated carbocycles. The Labute approximate surface area is 175 Å². The van der Waals surface area contributed by atoms with Crippen molar-refractivity contribution in [3.8, 4) is 11.1 Å². The molecule has 4 rings (SSSR count). The number of likely N-dealkylation sites (tertiary alicyclic amines) is 1. The lowest BCUT2D eigenvalue weighted by Gasteiger charge is -2.32. The van der Waals surface area contributed by atoms with Crippen LogP contribution in [-0.2, 0) is 0 Å².